The minimum atomic E-state index is -0.0195. The molecule has 19 heavy (non-hydrogen) atoms. The molecular formula is C15H11N3O. The van der Waals surface area contributed by atoms with Crippen LogP contribution in [0.3, 0.4) is 0 Å². The van der Waals surface area contributed by atoms with E-state index in [9.17, 15) is 5.11 Å². The quantitative estimate of drug-likeness (QED) is 0.721. The van der Waals surface area contributed by atoms with Gasteiger partial charge in [-0.25, -0.2) is 4.98 Å². The molecule has 0 aliphatic rings. The smallest absolute Gasteiger partial charge is 0.144 e. The van der Waals surface area contributed by atoms with E-state index in [0.717, 1.165) is 22.3 Å². The molecule has 0 amide bonds. The Labute approximate surface area is 110 Å². The van der Waals surface area contributed by atoms with Crippen molar-refractivity contribution in [3.05, 3.63) is 53.9 Å². The van der Waals surface area contributed by atoms with Crippen molar-refractivity contribution in [2.75, 3.05) is 0 Å². The fraction of sp³-hybridized carbons (Fsp3) is 0.0667. The SMILES string of the molecule is Cc1cnc2c(ccn2-c2ccc(C#N)c(O)c2)c1. The number of pyridine rings is 1. The molecule has 1 aromatic carbocycles. The Morgan fingerprint density at radius 3 is 2.84 bits per heavy atom. The van der Waals surface area contributed by atoms with Crippen LogP contribution < -0.4 is 0 Å². The van der Waals surface area contributed by atoms with E-state index < -0.39 is 0 Å². The molecule has 92 valence electrons. The zero-order valence-corrected chi connectivity index (χ0v) is 10.3. The first kappa shape index (κ1) is 11.3. The number of nitriles is 1. The molecule has 2 aromatic heterocycles. The summed E-state index contributed by atoms with van der Waals surface area (Å²) >= 11 is 0. The monoisotopic (exact) mass is 249 g/mol. The van der Waals surface area contributed by atoms with Gasteiger partial charge in [0.1, 0.15) is 17.5 Å². The van der Waals surface area contributed by atoms with Gasteiger partial charge in [0, 0.05) is 23.8 Å². The third kappa shape index (κ3) is 1.81. The van der Waals surface area contributed by atoms with Gasteiger partial charge < -0.3 is 9.67 Å². The zero-order chi connectivity index (χ0) is 13.4. The van der Waals surface area contributed by atoms with Crippen LogP contribution in [0.2, 0.25) is 0 Å². The topological polar surface area (TPSA) is 61.8 Å². The fourth-order valence-corrected chi connectivity index (χ4v) is 2.11. The van der Waals surface area contributed by atoms with Crippen LogP contribution in [0.5, 0.6) is 5.75 Å². The number of phenols is 1. The molecular weight excluding hydrogens is 238 g/mol. The van der Waals surface area contributed by atoms with Gasteiger partial charge in [-0.2, -0.15) is 5.26 Å². The van der Waals surface area contributed by atoms with E-state index in [0.29, 0.717) is 0 Å². The highest BCUT2D eigenvalue weighted by atomic mass is 16.3. The number of aromatic nitrogens is 2. The largest absolute Gasteiger partial charge is 0.506 e. The second kappa shape index (κ2) is 4.14. The number of fused-ring (bicyclic) bond motifs is 1. The van der Waals surface area contributed by atoms with Gasteiger partial charge in [-0.1, -0.05) is 0 Å². The molecule has 2 heterocycles. The van der Waals surface area contributed by atoms with E-state index in [4.69, 9.17) is 5.26 Å². The van der Waals surface area contributed by atoms with Crippen LogP contribution in [-0.4, -0.2) is 14.7 Å². The van der Waals surface area contributed by atoms with Crippen LogP contribution in [0.1, 0.15) is 11.1 Å². The standard InChI is InChI=1S/C15H11N3O/c1-10-6-11-4-5-18(15(11)17-9-10)13-3-2-12(8-16)14(19)7-13/h2-7,9,19H,1H3. The van der Waals surface area contributed by atoms with Crippen molar-refractivity contribution in [1.82, 2.24) is 9.55 Å². The molecule has 1 N–H and O–H groups in total. The Morgan fingerprint density at radius 2 is 2.11 bits per heavy atom. The minimum absolute atomic E-state index is 0.0195. The Balaban J connectivity index is 2.20. The Hall–Kier alpha value is -2.80. The summed E-state index contributed by atoms with van der Waals surface area (Å²) in [4.78, 5) is 4.41. The van der Waals surface area contributed by atoms with Gasteiger partial charge in [-0.05, 0) is 36.8 Å². The van der Waals surface area contributed by atoms with Crippen molar-refractivity contribution in [3.63, 3.8) is 0 Å². The number of hydrogen-bond acceptors (Lipinski definition) is 3. The predicted molar refractivity (Wildman–Crippen MR) is 72.2 cm³/mol. The van der Waals surface area contributed by atoms with Crippen LogP contribution in [0, 0.1) is 18.3 Å². The van der Waals surface area contributed by atoms with E-state index in [1.807, 2.05) is 36.0 Å². The number of aryl methyl sites for hydroxylation is 1. The number of nitrogens with zero attached hydrogens (tertiary/aromatic N) is 3. The highest BCUT2D eigenvalue weighted by molar-refractivity contribution is 5.78. The second-order valence-corrected chi connectivity index (χ2v) is 4.42. The minimum Gasteiger partial charge on any atom is -0.506 e. The van der Waals surface area contributed by atoms with Crippen LogP contribution in [0.4, 0.5) is 0 Å². The summed E-state index contributed by atoms with van der Waals surface area (Å²) in [5.74, 6) is -0.0195. The molecule has 3 rings (SSSR count). The van der Waals surface area contributed by atoms with Gasteiger partial charge in [-0.3, -0.25) is 0 Å². The average Bonchev–Trinajstić information content (AvgIpc) is 2.81. The predicted octanol–water partition coefficient (Wildman–Crippen LogP) is 2.91. The Morgan fingerprint density at radius 1 is 1.26 bits per heavy atom. The highest BCUT2D eigenvalue weighted by Gasteiger charge is 2.07. The number of phenolic OH excluding ortho intramolecular Hbond substituents is 1. The molecule has 0 fully saturated rings. The number of aromatic hydroxyl groups is 1. The van der Waals surface area contributed by atoms with Crippen molar-refractivity contribution in [2.45, 2.75) is 6.92 Å². The normalized spacial score (nSPS) is 10.5. The van der Waals surface area contributed by atoms with Crippen LogP contribution in [-0.2, 0) is 0 Å². The van der Waals surface area contributed by atoms with Gasteiger partial charge in [0.15, 0.2) is 0 Å². The van der Waals surface area contributed by atoms with Crippen molar-refractivity contribution in [1.29, 1.82) is 5.26 Å². The summed E-state index contributed by atoms with van der Waals surface area (Å²) in [6.45, 7) is 2.00. The van der Waals surface area contributed by atoms with Crippen molar-refractivity contribution in [3.8, 4) is 17.5 Å². The van der Waals surface area contributed by atoms with Crippen molar-refractivity contribution < 1.29 is 5.11 Å². The van der Waals surface area contributed by atoms with E-state index in [2.05, 4.69) is 11.1 Å². The summed E-state index contributed by atoms with van der Waals surface area (Å²) in [5.41, 5.74) is 2.98. The maximum atomic E-state index is 9.75. The maximum Gasteiger partial charge on any atom is 0.144 e. The molecule has 0 atom stereocenters. The summed E-state index contributed by atoms with van der Waals surface area (Å²) in [6, 6.07) is 10.9. The van der Waals surface area contributed by atoms with Gasteiger partial charge in [0.2, 0.25) is 0 Å². The first-order valence-electron chi connectivity index (χ1n) is 5.86. The number of rotatable bonds is 1. The molecule has 0 saturated heterocycles. The van der Waals surface area contributed by atoms with E-state index >= 15 is 0 Å². The summed E-state index contributed by atoms with van der Waals surface area (Å²) in [6.07, 6.45) is 3.71. The first-order chi connectivity index (χ1) is 9.19. The molecule has 0 saturated carbocycles. The van der Waals surface area contributed by atoms with Crippen molar-refractivity contribution in [2.24, 2.45) is 0 Å². The third-order valence-corrected chi connectivity index (χ3v) is 3.04. The highest BCUT2D eigenvalue weighted by Crippen LogP contribution is 2.24. The molecule has 0 aliphatic carbocycles. The third-order valence-electron chi connectivity index (χ3n) is 3.04. The maximum absolute atomic E-state index is 9.75. The molecule has 3 aromatic rings. The lowest BCUT2D eigenvalue weighted by molar-refractivity contribution is 0.473. The van der Waals surface area contributed by atoms with Gasteiger partial charge in [0.25, 0.3) is 0 Å². The molecule has 4 nitrogen and oxygen atoms in total. The Bertz CT molecular complexity index is 812. The van der Waals surface area contributed by atoms with Crippen LogP contribution in [0.15, 0.2) is 42.7 Å². The van der Waals surface area contributed by atoms with Crippen molar-refractivity contribution >= 4 is 11.0 Å². The van der Waals surface area contributed by atoms with Gasteiger partial charge >= 0.3 is 0 Å². The zero-order valence-electron chi connectivity index (χ0n) is 10.3. The van der Waals surface area contributed by atoms with Gasteiger partial charge in [0.05, 0.1) is 11.3 Å². The molecule has 4 heteroatoms. The van der Waals surface area contributed by atoms with E-state index in [-0.39, 0.29) is 11.3 Å². The first-order valence-corrected chi connectivity index (χ1v) is 5.86. The summed E-state index contributed by atoms with van der Waals surface area (Å²) < 4.78 is 1.88. The molecule has 0 radical (unpaired) electrons. The van der Waals surface area contributed by atoms with Gasteiger partial charge in [-0.15, -0.1) is 0 Å². The van der Waals surface area contributed by atoms with E-state index in [1.54, 1.807) is 18.2 Å². The fourth-order valence-electron chi connectivity index (χ4n) is 2.11. The number of benzene rings is 1. The van der Waals surface area contributed by atoms with Crippen LogP contribution in [0.25, 0.3) is 16.7 Å². The summed E-state index contributed by atoms with van der Waals surface area (Å²) in [7, 11) is 0. The Kier molecular flexibility index (Phi) is 2.46. The molecule has 0 bridgehead atoms. The number of hydrogen-bond donors (Lipinski definition) is 1. The lowest BCUT2D eigenvalue weighted by Crippen LogP contribution is -1.94. The molecule has 0 aliphatic heterocycles. The van der Waals surface area contributed by atoms with E-state index in [1.165, 1.54) is 0 Å². The molecule has 0 spiro atoms. The molecule has 0 unspecified atom stereocenters. The lowest BCUT2D eigenvalue weighted by Gasteiger charge is -2.06. The summed E-state index contributed by atoms with van der Waals surface area (Å²) in [5, 5.41) is 19.6. The average molecular weight is 249 g/mol. The van der Waals surface area contributed by atoms with Crippen LogP contribution >= 0.6 is 0 Å². The lowest BCUT2D eigenvalue weighted by atomic mass is 10.2. The second-order valence-electron chi connectivity index (χ2n) is 4.42.